The van der Waals surface area contributed by atoms with Crippen LogP contribution in [0.1, 0.15) is 10.4 Å². The molecule has 1 rings (SSSR count). The first-order valence-corrected chi connectivity index (χ1v) is 5.03. The normalized spacial score (nSPS) is 10.5. The van der Waals surface area contributed by atoms with E-state index < -0.39 is 18.1 Å². The van der Waals surface area contributed by atoms with E-state index in [1.54, 1.807) is 0 Å². The molecule has 0 aliphatic rings. The molecule has 4 nitrogen and oxygen atoms in total. The molecule has 1 aromatic carbocycles. The molecule has 7 heteroatoms. The van der Waals surface area contributed by atoms with Crippen molar-refractivity contribution in [3.05, 3.63) is 23.8 Å². The maximum absolute atomic E-state index is 12.3. The maximum Gasteiger partial charge on any atom is 0.573 e. The largest absolute Gasteiger partial charge is 0.573 e. The number of hydrogen-bond acceptors (Lipinski definition) is 4. The van der Waals surface area contributed by atoms with Crippen molar-refractivity contribution < 1.29 is 27.4 Å². The lowest BCUT2D eigenvalue weighted by molar-refractivity contribution is -0.274. The van der Waals surface area contributed by atoms with E-state index in [-0.39, 0.29) is 17.8 Å². The predicted molar refractivity (Wildman–Crippen MR) is 61.8 cm³/mol. The van der Waals surface area contributed by atoms with Gasteiger partial charge in [0.2, 0.25) is 0 Å². The Labute approximate surface area is 107 Å². The van der Waals surface area contributed by atoms with Crippen molar-refractivity contribution in [2.24, 2.45) is 0 Å². The fourth-order valence-electron chi connectivity index (χ4n) is 1.27. The molecule has 0 aromatic heterocycles. The van der Waals surface area contributed by atoms with E-state index in [4.69, 9.17) is 6.42 Å². The average molecular weight is 273 g/mol. The Morgan fingerprint density at radius 1 is 1.47 bits per heavy atom. The third kappa shape index (κ3) is 4.43. The highest BCUT2D eigenvalue weighted by Gasteiger charge is 2.32. The van der Waals surface area contributed by atoms with Gasteiger partial charge in [-0.2, -0.15) is 0 Å². The summed E-state index contributed by atoms with van der Waals surface area (Å²) in [7, 11) is 1.12. The third-order valence-electron chi connectivity index (χ3n) is 2.01. The van der Waals surface area contributed by atoms with Crippen molar-refractivity contribution >= 4 is 11.7 Å². The van der Waals surface area contributed by atoms with Gasteiger partial charge in [-0.1, -0.05) is 5.92 Å². The average Bonchev–Trinajstić information content (AvgIpc) is 2.34. The fraction of sp³-hybridized carbons (Fsp3) is 0.250. The minimum absolute atomic E-state index is 0.0196. The lowest BCUT2D eigenvalue weighted by Crippen LogP contribution is -2.18. The van der Waals surface area contributed by atoms with Crippen molar-refractivity contribution in [2.45, 2.75) is 6.36 Å². The maximum atomic E-state index is 12.3. The highest BCUT2D eigenvalue weighted by atomic mass is 19.4. The number of benzene rings is 1. The van der Waals surface area contributed by atoms with Gasteiger partial charge in [0.15, 0.2) is 5.75 Å². The molecular formula is C12H10F3NO3. The minimum Gasteiger partial charge on any atom is -0.465 e. The molecule has 0 aliphatic heterocycles. The summed E-state index contributed by atoms with van der Waals surface area (Å²) in [4.78, 5) is 11.2. The Balaban J connectivity index is 3.11. The van der Waals surface area contributed by atoms with Crippen LogP contribution in [0.15, 0.2) is 18.2 Å². The summed E-state index contributed by atoms with van der Waals surface area (Å²) >= 11 is 0. The van der Waals surface area contributed by atoms with Crippen molar-refractivity contribution in [1.29, 1.82) is 0 Å². The Morgan fingerprint density at radius 2 is 2.16 bits per heavy atom. The number of terminal acetylenes is 1. The van der Waals surface area contributed by atoms with Gasteiger partial charge in [0, 0.05) is 0 Å². The van der Waals surface area contributed by atoms with Crippen LogP contribution in [0.4, 0.5) is 18.9 Å². The molecule has 0 fully saturated rings. The molecule has 0 aliphatic carbocycles. The van der Waals surface area contributed by atoms with Crippen molar-refractivity contribution in [3.63, 3.8) is 0 Å². The molecular weight excluding hydrogens is 263 g/mol. The predicted octanol–water partition coefficient (Wildman–Crippen LogP) is 2.42. The molecule has 0 unspecified atom stereocenters. The van der Waals surface area contributed by atoms with E-state index >= 15 is 0 Å². The van der Waals surface area contributed by atoms with E-state index in [1.165, 1.54) is 12.1 Å². The number of hydrogen-bond donors (Lipinski definition) is 1. The van der Waals surface area contributed by atoms with E-state index in [9.17, 15) is 18.0 Å². The molecule has 19 heavy (non-hydrogen) atoms. The van der Waals surface area contributed by atoms with E-state index in [2.05, 4.69) is 20.7 Å². The van der Waals surface area contributed by atoms with Gasteiger partial charge in [0.25, 0.3) is 0 Å². The molecule has 0 heterocycles. The quantitative estimate of drug-likeness (QED) is 0.676. The molecule has 0 saturated heterocycles. The first-order valence-electron chi connectivity index (χ1n) is 5.03. The standard InChI is InChI=1S/C12H10F3NO3/c1-3-6-16-9-5-4-8(11(17)18-2)7-10(9)19-12(13,14)15/h1,4-5,7,16H,6H2,2H3. The van der Waals surface area contributed by atoms with Crippen LogP contribution in [-0.2, 0) is 4.74 Å². The van der Waals surface area contributed by atoms with Gasteiger partial charge in [-0.3, -0.25) is 0 Å². The van der Waals surface area contributed by atoms with Crippen LogP contribution in [0.25, 0.3) is 0 Å². The third-order valence-corrected chi connectivity index (χ3v) is 2.01. The molecule has 0 bridgehead atoms. The number of carbonyl (C=O) groups excluding carboxylic acids is 1. The molecule has 0 saturated carbocycles. The summed E-state index contributed by atoms with van der Waals surface area (Å²) in [5, 5.41) is 2.56. The van der Waals surface area contributed by atoms with Gasteiger partial charge < -0.3 is 14.8 Å². The van der Waals surface area contributed by atoms with Crippen molar-refractivity contribution in [3.8, 4) is 18.1 Å². The second kappa shape index (κ2) is 6.00. The van der Waals surface area contributed by atoms with Crippen LogP contribution in [-0.4, -0.2) is 26.0 Å². The van der Waals surface area contributed by atoms with Crippen LogP contribution in [0.3, 0.4) is 0 Å². The number of methoxy groups -OCH3 is 1. The topological polar surface area (TPSA) is 47.6 Å². The first kappa shape index (κ1) is 14.7. The second-order valence-corrected chi connectivity index (χ2v) is 3.31. The zero-order chi connectivity index (χ0) is 14.5. The Morgan fingerprint density at radius 3 is 2.68 bits per heavy atom. The smallest absolute Gasteiger partial charge is 0.465 e. The monoisotopic (exact) mass is 273 g/mol. The number of esters is 1. The fourth-order valence-corrected chi connectivity index (χ4v) is 1.27. The SMILES string of the molecule is C#CCNc1ccc(C(=O)OC)cc1OC(F)(F)F. The lowest BCUT2D eigenvalue weighted by Gasteiger charge is -2.14. The van der Waals surface area contributed by atoms with Crippen LogP contribution in [0, 0.1) is 12.3 Å². The van der Waals surface area contributed by atoms with Gasteiger partial charge in [0.05, 0.1) is 24.9 Å². The molecule has 0 spiro atoms. The van der Waals surface area contributed by atoms with Crippen LogP contribution in [0.2, 0.25) is 0 Å². The number of ether oxygens (including phenoxy) is 2. The Kier molecular flexibility index (Phi) is 4.64. The highest BCUT2D eigenvalue weighted by Crippen LogP contribution is 2.31. The number of alkyl halides is 3. The Bertz CT molecular complexity index is 506. The van der Waals surface area contributed by atoms with E-state index in [0.717, 1.165) is 13.2 Å². The number of nitrogens with one attached hydrogen (secondary N) is 1. The number of halogens is 3. The minimum atomic E-state index is -4.87. The summed E-state index contributed by atoms with van der Waals surface area (Å²) in [5.41, 5.74) is -0.0315. The van der Waals surface area contributed by atoms with Gasteiger partial charge in [-0.25, -0.2) is 4.79 Å². The highest BCUT2D eigenvalue weighted by molar-refractivity contribution is 5.90. The van der Waals surface area contributed by atoms with Crippen LogP contribution >= 0.6 is 0 Å². The second-order valence-electron chi connectivity index (χ2n) is 3.31. The number of rotatable bonds is 4. The molecule has 102 valence electrons. The summed E-state index contributed by atoms with van der Waals surface area (Å²) in [5.74, 6) is 0.897. The summed E-state index contributed by atoms with van der Waals surface area (Å²) in [6.45, 7) is 0.0196. The van der Waals surface area contributed by atoms with Crippen molar-refractivity contribution in [1.82, 2.24) is 0 Å². The molecule has 1 aromatic rings. The van der Waals surface area contributed by atoms with Gasteiger partial charge in [-0.15, -0.1) is 19.6 Å². The summed E-state index contributed by atoms with van der Waals surface area (Å²) in [6, 6.07) is 3.48. The van der Waals surface area contributed by atoms with Crippen LogP contribution in [0.5, 0.6) is 5.75 Å². The summed E-state index contributed by atoms with van der Waals surface area (Å²) in [6.07, 6.45) is 0.130. The molecule has 1 N–H and O–H groups in total. The zero-order valence-corrected chi connectivity index (χ0v) is 9.88. The zero-order valence-electron chi connectivity index (χ0n) is 9.88. The van der Waals surface area contributed by atoms with E-state index in [1.807, 2.05) is 0 Å². The molecule has 0 atom stereocenters. The number of anilines is 1. The summed E-state index contributed by atoms with van der Waals surface area (Å²) < 4.78 is 45.0. The van der Waals surface area contributed by atoms with Crippen LogP contribution < -0.4 is 10.1 Å². The van der Waals surface area contributed by atoms with Gasteiger partial charge >= 0.3 is 12.3 Å². The number of carbonyl (C=O) groups is 1. The molecule has 0 amide bonds. The molecule has 0 radical (unpaired) electrons. The first-order chi connectivity index (χ1) is 8.87. The lowest BCUT2D eigenvalue weighted by atomic mass is 10.2. The van der Waals surface area contributed by atoms with Gasteiger partial charge in [0.1, 0.15) is 0 Å². The van der Waals surface area contributed by atoms with E-state index in [0.29, 0.717) is 0 Å². The van der Waals surface area contributed by atoms with Crippen molar-refractivity contribution in [2.75, 3.05) is 19.0 Å². The Hall–Kier alpha value is -2.36. The van der Waals surface area contributed by atoms with Gasteiger partial charge in [-0.05, 0) is 18.2 Å².